The van der Waals surface area contributed by atoms with Gasteiger partial charge in [0, 0.05) is 4.90 Å². The molecule has 2 rings (SSSR count). The first kappa shape index (κ1) is 24.3. The Balaban J connectivity index is 2.82. The van der Waals surface area contributed by atoms with Crippen molar-refractivity contribution in [3.05, 3.63) is 30.3 Å². The van der Waals surface area contributed by atoms with Crippen LogP contribution in [0.2, 0.25) is 0 Å². The number of aliphatic hydroxyl groups is 4. The van der Waals surface area contributed by atoms with Crippen LogP contribution in [0.5, 0.6) is 0 Å². The molecule has 10 heteroatoms. The molecule has 0 amide bonds. The Morgan fingerprint density at radius 3 is 1.80 bits per heavy atom. The van der Waals surface area contributed by atoms with E-state index in [0.717, 1.165) is 27.7 Å². The van der Waals surface area contributed by atoms with Crippen LogP contribution in [0.3, 0.4) is 0 Å². The van der Waals surface area contributed by atoms with Crippen LogP contribution < -0.4 is 0 Å². The highest BCUT2D eigenvalue weighted by Gasteiger charge is 2.79. The fraction of sp³-hybridized carbons (Fsp3) is 0.500. The highest BCUT2D eigenvalue weighted by Crippen LogP contribution is 2.51. The maximum atomic E-state index is 12.6. The molecule has 1 heterocycles. The molecule has 1 aliphatic heterocycles. The van der Waals surface area contributed by atoms with Crippen LogP contribution in [0.4, 0.5) is 0 Å². The molecule has 164 valence electrons. The second kappa shape index (κ2) is 8.29. The first-order valence-corrected chi connectivity index (χ1v) is 9.90. The van der Waals surface area contributed by atoms with Crippen LogP contribution in [-0.4, -0.2) is 78.0 Å². The molecule has 0 aliphatic carbocycles. The van der Waals surface area contributed by atoms with Crippen molar-refractivity contribution in [3.63, 3.8) is 0 Å². The van der Waals surface area contributed by atoms with Gasteiger partial charge in [-0.05, 0) is 39.8 Å². The van der Waals surface area contributed by atoms with E-state index in [1.807, 2.05) is 0 Å². The minimum absolute atomic E-state index is 0.442. The molecule has 0 spiro atoms. The van der Waals surface area contributed by atoms with Gasteiger partial charge in [-0.3, -0.25) is 19.2 Å². The lowest BCUT2D eigenvalue weighted by atomic mass is 9.60. The Bertz CT molecular complexity index is 872. The fourth-order valence-corrected chi connectivity index (χ4v) is 4.91. The zero-order valence-electron chi connectivity index (χ0n) is 16.9. The predicted molar refractivity (Wildman–Crippen MR) is 105 cm³/mol. The van der Waals surface area contributed by atoms with Crippen LogP contribution in [0.25, 0.3) is 0 Å². The Hall–Kier alpha value is -1.95. The lowest BCUT2D eigenvalue weighted by Crippen LogP contribution is -2.86. The average Bonchev–Trinajstić information content (AvgIpc) is 2.67. The molecule has 1 saturated heterocycles. The van der Waals surface area contributed by atoms with E-state index in [4.69, 9.17) is 4.74 Å². The van der Waals surface area contributed by atoms with Crippen molar-refractivity contribution in [2.75, 3.05) is 0 Å². The van der Waals surface area contributed by atoms with Crippen molar-refractivity contribution >= 4 is 34.9 Å². The van der Waals surface area contributed by atoms with Gasteiger partial charge in [-0.1, -0.05) is 30.0 Å². The van der Waals surface area contributed by atoms with Gasteiger partial charge in [0.2, 0.25) is 5.60 Å². The third-order valence-corrected chi connectivity index (χ3v) is 6.61. The van der Waals surface area contributed by atoms with Crippen molar-refractivity contribution in [2.24, 2.45) is 0 Å². The summed E-state index contributed by atoms with van der Waals surface area (Å²) >= 11 is 0.715. The Kier molecular flexibility index (Phi) is 6.72. The number of rotatable bonds is 7. The normalized spacial score (nSPS) is 34.8. The molecule has 1 aromatic rings. The van der Waals surface area contributed by atoms with E-state index in [0.29, 0.717) is 16.7 Å². The van der Waals surface area contributed by atoms with Gasteiger partial charge in [0.25, 0.3) is 0 Å². The van der Waals surface area contributed by atoms with Gasteiger partial charge in [-0.2, -0.15) is 0 Å². The molecule has 0 radical (unpaired) electrons. The second-order valence-corrected chi connectivity index (χ2v) is 8.42. The topological polar surface area (TPSA) is 158 Å². The third-order valence-electron chi connectivity index (χ3n) is 5.40. The van der Waals surface area contributed by atoms with Crippen LogP contribution in [0.1, 0.15) is 27.7 Å². The van der Waals surface area contributed by atoms with Crippen LogP contribution in [0, 0.1) is 0 Å². The summed E-state index contributed by atoms with van der Waals surface area (Å²) in [7, 11) is 0. The zero-order valence-corrected chi connectivity index (χ0v) is 17.7. The summed E-state index contributed by atoms with van der Waals surface area (Å²) in [4.78, 5) is 49.9. The molecular formula is C20H24O9S. The first-order valence-electron chi connectivity index (χ1n) is 9.02. The van der Waals surface area contributed by atoms with Crippen LogP contribution in [-0.2, 0) is 23.9 Å². The molecule has 0 saturated carbocycles. The molecule has 1 aliphatic rings. The molecule has 0 aromatic heterocycles. The van der Waals surface area contributed by atoms with Gasteiger partial charge in [-0.25, -0.2) is 0 Å². The standard InChI is InChI=1S/C20H24O9S/c1-10(21)15(25)16-18(26,11(2)22)20(28,13(4)24)19(27,12(3)23)17(29-16)30-14-8-6-5-7-9-14/h5-9,15-17,25-28H,1-4H3/t15?,16-,17+,18-,19+,20+/m1/s1. The van der Waals surface area contributed by atoms with E-state index < -0.39 is 57.6 Å². The third kappa shape index (κ3) is 3.33. The number of carbonyl (C=O) groups is 4. The Labute approximate surface area is 177 Å². The molecule has 4 N–H and O–H groups in total. The molecular weight excluding hydrogens is 416 g/mol. The van der Waals surface area contributed by atoms with Crippen molar-refractivity contribution in [1.82, 2.24) is 0 Å². The van der Waals surface area contributed by atoms with Crippen molar-refractivity contribution in [3.8, 4) is 0 Å². The summed E-state index contributed by atoms with van der Waals surface area (Å²) < 4.78 is 5.55. The summed E-state index contributed by atoms with van der Waals surface area (Å²) in [5, 5.41) is 44.3. The number of hydrogen-bond donors (Lipinski definition) is 4. The number of benzene rings is 1. The van der Waals surface area contributed by atoms with Crippen LogP contribution in [0.15, 0.2) is 35.2 Å². The second-order valence-electron chi connectivity index (χ2n) is 7.29. The quantitative estimate of drug-likeness (QED) is 0.432. The lowest BCUT2D eigenvalue weighted by Gasteiger charge is -2.58. The number of ketones is 4. The molecule has 1 aromatic carbocycles. The SMILES string of the molecule is CC(=O)C(O)[C@H]1O[C@@H](Sc2ccccc2)[C@@](O)(C(C)=O)[C@](O)(C(C)=O)[C@@]1(O)C(C)=O. The number of aliphatic hydroxyl groups excluding tert-OH is 1. The number of hydrogen-bond acceptors (Lipinski definition) is 10. The predicted octanol–water partition coefficient (Wildman–Crippen LogP) is -0.586. The van der Waals surface area contributed by atoms with Gasteiger partial charge >= 0.3 is 0 Å². The van der Waals surface area contributed by atoms with E-state index in [2.05, 4.69) is 0 Å². The average molecular weight is 440 g/mol. The molecule has 9 nitrogen and oxygen atoms in total. The summed E-state index contributed by atoms with van der Waals surface area (Å²) in [6.07, 6.45) is -4.28. The van der Waals surface area contributed by atoms with Crippen LogP contribution >= 0.6 is 11.8 Å². The van der Waals surface area contributed by atoms with Crippen molar-refractivity contribution < 1.29 is 44.3 Å². The summed E-state index contributed by atoms with van der Waals surface area (Å²) in [5.74, 6) is -4.69. The van der Waals surface area contributed by atoms with E-state index in [-0.39, 0.29) is 0 Å². The van der Waals surface area contributed by atoms with E-state index in [9.17, 15) is 39.6 Å². The number of thioether (sulfide) groups is 1. The van der Waals surface area contributed by atoms with Gasteiger partial charge in [0.1, 0.15) is 17.6 Å². The Morgan fingerprint density at radius 1 is 0.900 bits per heavy atom. The zero-order chi connectivity index (χ0) is 23.1. The largest absolute Gasteiger partial charge is 0.382 e. The minimum atomic E-state index is -3.41. The van der Waals surface area contributed by atoms with Gasteiger partial charge in [0.05, 0.1) is 0 Å². The molecule has 0 bridgehead atoms. The molecule has 6 atom stereocenters. The van der Waals surface area contributed by atoms with Gasteiger partial charge in [-0.15, -0.1) is 0 Å². The highest BCUT2D eigenvalue weighted by molar-refractivity contribution is 8.00. The lowest BCUT2D eigenvalue weighted by molar-refractivity contribution is -0.311. The summed E-state index contributed by atoms with van der Waals surface area (Å²) in [6, 6.07) is 8.16. The molecule has 1 unspecified atom stereocenters. The van der Waals surface area contributed by atoms with Crippen molar-refractivity contribution in [1.29, 1.82) is 0 Å². The number of carbonyl (C=O) groups excluding carboxylic acids is 4. The first-order chi connectivity index (χ1) is 13.8. The van der Waals surface area contributed by atoms with Crippen molar-refractivity contribution in [2.45, 2.75) is 67.0 Å². The van der Waals surface area contributed by atoms with E-state index in [1.165, 1.54) is 0 Å². The maximum absolute atomic E-state index is 12.6. The number of ether oxygens (including phenoxy) is 1. The fourth-order valence-electron chi connectivity index (χ4n) is 3.66. The number of Topliss-reactive ketones (excluding diaryl/α,β-unsaturated/α-hetero) is 4. The maximum Gasteiger partial charge on any atom is 0.200 e. The smallest absolute Gasteiger partial charge is 0.200 e. The molecule has 1 fully saturated rings. The molecule has 30 heavy (non-hydrogen) atoms. The highest BCUT2D eigenvalue weighted by atomic mass is 32.2. The summed E-state index contributed by atoms with van der Waals surface area (Å²) in [6.45, 7) is 3.36. The van der Waals surface area contributed by atoms with Gasteiger partial charge < -0.3 is 25.2 Å². The minimum Gasteiger partial charge on any atom is -0.382 e. The van der Waals surface area contributed by atoms with E-state index >= 15 is 0 Å². The monoisotopic (exact) mass is 440 g/mol. The summed E-state index contributed by atoms with van der Waals surface area (Å²) in [5.41, 5.74) is -11.6. The Morgan fingerprint density at radius 2 is 1.40 bits per heavy atom. The van der Waals surface area contributed by atoms with E-state index in [1.54, 1.807) is 30.3 Å². The van der Waals surface area contributed by atoms with Gasteiger partial charge in [0.15, 0.2) is 34.3 Å².